The molecule has 0 spiro atoms. The molecular formula is C19H14ClN4O3S3-. The maximum absolute atomic E-state index is 11.9. The van der Waals surface area contributed by atoms with E-state index in [1.165, 1.54) is 47.1 Å². The van der Waals surface area contributed by atoms with E-state index in [9.17, 15) is 14.7 Å². The second-order valence-electron chi connectivity index (χ2n) is 5.67. The summed E-state index contributed by atoms with van der Waals surface area (Å²) in [7, 11) is 0. The van der Waals surface area contributed by atoms with E-state index in [1.54, 1.807) is 18.2 Å². The van der Waals surface area contributed by atoms with Crippen LogP contribution < -0.4 is 10.5 Å². The van der Waals surface area contributed by atoms with Crippen LogP contribution in [0.4, 0.5) is 0 Å². The Kier molecular flexibility index (Phi) is 8.26. The lowest BCUT2D eigenvalue weighted by molar-refractivity contribution is -0.255. The number of carboxylic acids is 1. The molecule has 1 amide bonds. The number of carboxylic acid groups (broad SMARTS) is 1. The van der Waals surface area contributed by atoms with Gasteiger partial charge in [0.2, 0.25) is 0 Å². The normalized spacial score (nSPS) is 11.0. The summed E-state index contributed by atoms with van der Waals surface area (Å²) >= 11 is 10.3. The van der Waals surface area contributed by atoms with Gasteiger partial charge in [0, 0.05) is 21.9 Å². The van der Waals surface area contributed by atoms with E-state index < -0.39 is 5.97 Å². The highest BCUT2D eigenvalue weighted by Crippen LogP contribution is 2.32. The van der Waals surface area contributed by atoms with Crippen LogP contribution in [0.25, 0.3) is 0 Å². The predicted molar refractivity (Wildman–Crippen MR) is 118 cm³/mol. The molecule has 0 unspecified atom stereocenters. The van der Waals surface area contributed by atoms with Crippen LogP contribution in [0.5, 0.6) is 0 Å². The van der Waals surface area contributed by atoms with Crippen LogP contribution in [-0.4, -0.2) is 34.0 Å². The van der Waals surface area contributed by atoms with Gasteiger partial charge in [-0.05, 0) is 11.6 Å². The SMILES string of the molecule is O=C(CSc1nnc(SCc2ccccc2Cl)s1)N/N=C\c1ccccc1C(=O)[O-]. The van der Waals surface area contributed by atoms with Gasteiger partial charge in [-0.2, -0.15) is 5.10 Å². The van der Waals surface area contributed by atoms with Crippen LogP contribution in [0.2, 0.25) is 5.02 Å². The highest BCUT2D eigenvalue weighted by Gasteiger charge is 2.09. The number of nitrogens with zero attached hydrogens (tertiary/aromatic N) is 3. The Morgan fingerprint density at radius 3 is 2.57 bits per heavy atom. The standard InChI is InChI=1S/C19H15ClN4O3S3/c20-15-8-4-2-6-13(15)10-28-18-23-24-19(30-18)29-11-16(25)22-21-9-12-5-1-3-7-14(12)17(26)27/h1-9H,10-11H2,(H,22,25)(H,26,27)/p-1/b21-9-. The van der Waals surface area contributed by atoms with Gasteiger partial charge in [0.05, 0.1) is 17.9 Å². The van der Waals surface area contributed by atoms with E-state index >= 15 is 0 Å². The van der Waals surface area contributed by atoms with E-state index in [0.717, 1.165) is 9.90 Å². The molecule has 11 heteroatoms. The summed E-state index contributed by atoms with van der Waals surface area (Å²) in [6.07, 6.45) is 1.27. The first-order valence-corrected chi connectivity index (χ1v) is 11.6. The number of hydrogen-bond donors (Lipinski definition) is 1. The van der Waals surface area contributed by atoms with Crippen molar-refractivity contribution in [1.82, 2.24) is 15.6 Å². The van der Waals surface area contributed by atoms with Crippen molar-refractivity contribution in [2.45, 2.75) is 14.4 Å². The van der Waals surface area contributed by atoms with Crippen LogP contribution >= 0.6 is 46.5 Å². The molecule has 3 aromatic rings. The number of aromatic carboxylic acids is 1. The largest absolute Gasteiger partial charge is 0.545 e. The molecule has 1 heterocycles. The second-order valence-corrected chi connectivity index (χ2v) is 9.50. The molecule has 0 fully saturated rings. The fraction of sp³-hybridized carbons (Fsp3) is 0.105. The Bertz CT molecular complexity index is 1070. The molecule has 0 radical (unpaired) electrons. The van der Waals surface area contributed by atoms with Gasteiger partial charge in [0.15, 0.2) is 8.68 Å². The molecule has 1 N–H and O–H groups in total. The number of hydrogen-bond acceptors (Lipinski definition) is 9. The lowest BCUT2D eigenvalue weighted by Crippen LogP contribution is -2.24. The van der Waals surface area contributed by atoms with Crippen molar-refractivity contribution < 1.29 is 14.7 Å². The van der Waals surface area contributed by atoms with Crippen molar-refractivity contribution in [3.05, 3.63) is 70.2 Å². The average molecular weight is 478 g/mol. The molecule has 2 aromatic carbocycles. The number of nitrogens with one attached hydrogen (secondary N) is 1. The van der Waals surface area contributed by atoms with Crippen molar-refractivity contribution in [3.8, 4) is 0 Å². The Hall–Kier alpha value is -2.40. The zero-order valence-electron chi connectivity index (χ0n) is 15.3. The number of rotatable bonds is 9. The molecule has 0 saturated heterocycles. The Balaban J connectivity index is 1.45. The summed E-state index contributed by atoms with van der Waals surface area (Å²) < 4.78 is 1.45. The summed E-state index contributed by atoms with van der Waals surface area (Å²) in [6.45, 7) is 0. The van der Waals surface area contributed by atoms with Crippen LogP contribution in [-0.2, 0) is 10.5 Å². The number of aromatic nitrogens is 2. The number of benzene rings is 2. The van der Waals surface area contributed by atoms with E-state index in [1.807, 2.05) is 24.3 Å². The quantitative estimate of drug-likeness (QED) is 0.286. The predicted octanol–water partition coefficient (Wildman–Crippen LogP) is 3.09. The van der Waals surface area contributed by atoms with E-state index in [4.69, 9.17) is 11.6 Å². The number of amides is 1. The minimum absolute atomic E-state index is 0.000513. The van der Waals surface area contributed by atoms with Gasteiger partial charge in [-0.1, -0.05) is 88.9 Å². The lowest BCUT2D eigenvalue weighted by atomic mass is 10.1. The highest BCUT2D eigenvalue weighted by atomic mass is 35.5. The Labute approximate surface area is 190 Å². The van der Waals surface area contributed by atoms with E-state index in [-0.39, 0.29) is 17.2 Å². The highest BCUT2D eigenvalue weighted by molar-refractivity contribution is 8.03. The first kappa shape index (κ1) is 22.3. The molecular weight excluding hydrogens is 464 g/mol. The van der Waals surface area contributed by atoms with Crippen molar-refractivity contribution in [1.29, 1.82) is 0 Å². The van der Waals surface area contributed by atoms with Gasteiger partial charge in [-0.3, -0.25) is 4.79 Å². The van der Waals surface area contributed by atoms with Gasteiger partial charge in [-0.15, -0.1) is 10.2 Å². The molecule has 0 aliphatic heterocycles. The van der Waals surface area contributed by atoms with Crippen LogP contribution in [0, 0.1) is 0 Å². The molecule has 154 valence electrons. The minimum atomic E-state index is -1.31. The third kappa shape index (κ3) is 6.56. The zero-order valence-corrected chi connectivity index (χ0v) is 18.5. The molecule has 0 bridgehead atoms. The monoisotopic (exact) mass is 477 g/mol. The average Bonchev–Trinajstić information content (AvgIpc) is 3.20. The van der Waals surface area contributed by atoms with Crippen molar-refractivity contribution in [2.24, 2.45) is 5.10 Å². The maximum atomic E-state index is 11.9. The molecule has 0 aliphatic carbocycles. The van der Waals surface area contributed by atoms with Crippen LogP contribution in [0.15, 0.2) is 62.3 Å². The Morgan fingerprint density at radius 1 is 1.10 bits per heavy atom. The first-order valence-electron chi connectivity index (χ1n) is 8.47. The van der Waals surface area contributed by atoms with Gasteiger partial charge in [-0.25, -0.2) is 5.43 Å². The first-order chi connectivity index (χ1) is 14.5. The van der Waals surface area contributed by atoms with E-state index in [0.29, 0.717) is 20.7 Å². The molecule has 3 rings (SSSR count). The minimum Gasteiger partial charge on any atom is -0.545 e. The summed E-state index contributed by atoms with van der Waals surface area (Å²) in [5.74, 6) is -0.869. The Morgan fingerprint density at radius 2 is 1.80 bits per heavy atom. The van der Waals surface area contributed by atoms with Crippen molar-refractivity contribution in [2.75, 3.05) is 5.75 Å². The van der Waals surface area contributed by atoms with Gasteiger partial charge in [0.25, 0.3) is 5.91 Å². The number of halogens is 1. The molecule has 30 heavy (non-hydrogen) atoms. The molecule has 0 aliphatic rings. The van der Waals surface area contributed by atoms with Gasteiger partial charge < -0.3 is 9.90 Å². The zero-order chi connectivity index (χ0) is 21.3. The summed E-state index contributed by atoms with van der Waals surface area (Å²) in [4.78, 5) is 23.0. The molecule has 0 atom stereocenters. The summed E-state index contributed by atoms with van der Waals surface area (Å²) in [5.41, 5.74) is 3.72. The smallest absolute Gasteiger partial charge is 0.250 e. The van der Waals surface area contributed by atoms with Crippen molar-refractivity contribution in [3.63, 3.8) is 0 Å². The second kappa shape index (κ2) is 11.1. The van der Waals surface area contributed by atoms with Crippen molar-refractivity contribution >= 4 is 64.6 Å². The lowest BCUT2D eigenvalue weighted by Gasteiger charge is -2.05. The number of carbonyl (C=O) groups is 2. The number of thioether (sulfide) groups is 2. The van der Waals surface area contributed by atoms with Gasteiger partial charge in [0.1, 0.15) is 0 Å². The third-order valence-corrected chi connectivity index (χ3v) is 7.20. The molecule has 7 nitrogen and oxygen atoms in total. The molecule has 0 saturated carbocycles. The van der Waals surface area contributed by atoms with Crippen LogP contribution in [0.3, 0.4) is 0 Å². The van der Waals surface area contributed by atoms with Gasteiger partial charge >= 0.3 is 0 Å². The summed E-state index contributed by atoms with van der Waals surface area (Å²) in [5, 5.41) is 23.7. The fourth-order valence-corrected chi connectivity index (χ4v) is 5.30. The number of carbonyl (C=O) groups excluding carboxylic acids is 2. The summed E-state index contributed by atoms with van der Waals surface area (Å²) in [6, 6.07) is 13.8. The van der Waals surface area contributed by atoms with Crippen LogP contribution in [0.1, 0.15) is 21.5 Å². The fourth-order valence-electron chi connectivity index (χ4n) is 2.20. The number of hydrazone groups is 1. The topological polar surface area (TPSA) is 107 Å². The molecule has 1 aromatic heterocycles. The maximum Gasteiger partial charge on any atom is 0.250 e. The third-order valence-electron chi connectivity index (χ3n) is 3.60. The van der Waals surface area contributed by atoms with E-state index in [2.05, 4.69) is 20.7 Å².